The number of anilines is 2. The van der Waals surface area contributed by atoms with E-state index in [2.05, 4.69) is 15.6 Å². The van der Waals surface area contributed by atoms with Gasteiger partial charge in [-0.25, -0.2) is 4.90 Å². The standard InChI is InChI=1S/C29H23N5O6/c1-40-23-11-10-16(34(38)39)13-22(23)33-26(35)24-21(12-15-14-30-19-8-4-2-6-17(15)19)32-29(25(24)27(33)36)18-7-3-5-9-20(18)31-28(29)37/h2-11,13-14,21,24-25,30,32H,12H2,1H3,(H,31,37)/t21-,24+,25+,29+/m0/s1. The smallest absolute Gasteiger partial charge is 0.271 e. The van der Waals surface area contributed by atoms with Crippen molar-refractivity contribution in [2.24, 2.45) is 11.8 Å². The van der Waals surface area contributed by atoms with E-state index in [-0.39, 0.29) is 17.1 Å². The molecule has 0 unspecified atom stereocenters. The van der Waals surface area contributed by atoms with Gasteiger partial charge in [0, 0.05) is 46.5 Å². The number of benzene rings is 3. The molecular formula is C29H23N5O6. The van der Waals surface area contributed by atoms with E-state index in [4.69, 9.17) is 4.74 Å². The van der Waals surface area contributed by atoms with Gasteiger partial charge in [-0.15, -0.1) is 0 Å². The van der Waals surface area contributed by atoms with Gasteiger partial charge in [0.05, 0.1) is 23.9 Å². The number of hydrogen-bond acceptors (Lipinski definition) is 7. The van der Waals surface area contributed by atoms with Crippen LogP contribution in [-0.2, 0) is 26.3 Å². The van der Waals surface area contributed by atoms with Crippen molar-refractivity contribution in [1.82, 2.24) is 10.3 Å². The Morgan fingerprint density at radius 1 is 1.02 bits per heavy atom. The number of aromatic amines is 1. The van der Waals surface area contributed by atoms with E-state index in [0.717, 1.165) is 27.4 Å². The van der Waals surface area contributed by atoms with Crippen LogP contribution in [-0.4, -0.2) is 40.8 Å². The van der Waals surface area contributed by atoms with Gasteiger partial charge in [0.2, 0.25) is 17.7 Å². The molecule has 4 atom stereocenters. The second kappa shape index (κ2) is 8.48. The Morgan fingerprint density at radius 2 is 1.80 bits per heavy atom. The SMILES string of the molecule is COc1ccc([N+](=O)[O-])cc1N1C(=O)[C@@H]2[C@H](Cc3c[nH]c4ccccc34)N[C@@]3(C(=O)Nc4ccccc43)[C@H]2C1=O. The fraction of sp³-hybridized carbons (Fsp3) is 0.207. The molecule has 3 aromatic carbocycles. The van der Waals surface area contributed by atoms with Crippen molar-refractivity contribution >= 4 is 45.7 Å². The van der Waals surface area contributed by atoms with Crippen LogP contribution in [0.3, 0.4) is 0 Å². The summed E-state index contributed by atoms with van der Waals surface area (Å²) in [4.78, 5) is 57.4. The number of fused-ring (bicyclic) bond motifs is 5. The number of para-hydroxylation sites is 2. The lowest BCUT2D eigenvalue weighted by molar-refractivity contribution is -0.384. The Morgan fingerprint density at radius 3 is 2.60 bits per heavy atom. The van der Waals surface area contributed by atoms with Crippen LogP contribution in [0.25, 0.3) is 10.9 Å². The first-order valence-electron chi connectivity index (χ1n) is 12.8. The van der Waals surface area contributed by atoms with Gasteiger partial charge in [0.25, 0.3) is 5.69 Å². The largest absolute Gasteiger partial charge is 0.495 e. The minimum absolute atomic E-state index is 0.0196. The van der Waals surface area contributed by atoms with Crippen molar-refractivity contribution < 1.29 is 24.0 Å². The number of nitro benzene ring substituents is 1. The number of ether oxygens (including phenoxy) is 1. The van der Waals surface area contributed by atoms with Gasteiger partial charge < -0.3 is 15.0 Å². The van der Waals surface area contributed by atoms with Gasteiger partial charge in [-0.05, 0) is 30.2 Å². The molecular weight excluding hydrogens is 514 g/mol. The molecule has 7 rings (SSSR count). The molecule has 1 aromatic heterocycles. The average Bonchev–Trinajstić information content (AvgIpc) is 3.67. The first-order valence-corrected chi connectivity index (χ1v) is 12.8. The molecule has 4 heterocycles. The summed E-state index contributed by atoms with van der Waals surface area (Å²) in [5.41, 5.74) is 1.22. The number of non-ortho nitro benzene ring substituents is 1. The van der Waals surface area contributed by atoms with E-state index in [9.17, 15) is 24.5 Å². The summed E-state index contributed by atoms with van der Waals surface area (Å²) in [6, 6.07) is 18.1. The molecule has 3 aliphatic rings. The average molecular weight is 538 g/mol. The van der Waals surface area contributed by atoms with E-state index in [1.165, 1.54) is 19.2 Å². The van der Waals surface area contributed by atoms with E-state index < -0.39 is 46.1 Å². The second-order valence-corrected chi connectivity index (χ2v) is 10.3. The van der Waals surface area contributed by atoms with Crippen molar-refractivity contribution in [3.05, 3.63) is 94.2 Å². The fourth-order valence-corrected chi connectivity index (χ4v) is 6.67. The Kier molecular flexibility index (Phi) is 5.10. The summed E-state index contributed by atoms with van der Waals surface area (Å²) in [7, 11) is 1.36. The molecule has 11 heteroatoms. The lowest BCUT2D eigenvalue weighted by Crippen LogP contribution is -2.53. The molecule has 0 radical (unpaired) electrons. The third-order valence-corrected chi connectivity index (χ3v) is 8.35. The molecule has 11 nitrogen and oxygen atoms in total. The number of rotatable bonds is 5. The number of nitro groups is 1. The predicted octanol–water partition coefficient (Wildman–Crippen LogP) is 3.25. The third-order valence-electron chi connectivity index (χ3n) is 8.35. The van der Waals surface area contributed by atoms with Gasteiger partial charge in [0.1, 0.15) is 17.0 Å². The first kappa shape index (κ1) is 24.0. The minimum atomic E-state index is -1.49. The summed E-state index contributed by atoms with van der Waals surface area (Å²) in [6.45, 7) is 0. The van der Waals surface area contributed by atoms with Crippen LogP contribution in [0.4, 0.5) is 17.1 Å². The molecule has 0 saturated carbocycles. The van der Waals surface area contributed by atoms with Crippen molar-refractivity contribution in [3.63, 3.8) is 0 Å². The molecule has 2 saturated heterocycles. The molecule has 3 aliphatic heterocycles. The lowest BCUT2D eigenvalue weighted by Gasteiger charge is -2.29. The van der Waals surface area contributed by atoms with E-state index in [1.807, 2.05) is 30.5 Å². The number of carbonyl (C=O) groups is 3. The molecule has 3 amide bonds. The van der Waals surface area contributed by atoms with Gasteiger partial charge in [-0.2, -0.15) is 0 Å². The fourth-order valence-electron chi connectivity index (χ4n) is 6.67. The van der Waals surface area contributed by atoms with Crippen molar-refractivity contribution in [1.29, 1.82) is 0 Å². The Hall–Kier alpha value is -5.03. The maximum absolute atomic E-state index is 14.3. The van der Waals surface area contributed by atoms with Gasteiger partial charge in [0.15, 0.2) is 0 Å². The highest BCUT2D eigenvalue weighted by atomic mass is 16.6. The Labute approximate surface area is 227 Å². The highest BCUT2D eigenvalue weighted by Gasteiger charge is 2.70. The zero-order valence-corrected chi connectivity index (χ0v) is 21.2. The quantitative estimate of drug-likeness (QED) is 0.201. The van der Waals surface area contributed by atoms with Gasteiger partial charge in [-0.1, -0.05) is 36.4 Å². The van der Waals surface area contributed by atoms with Crippen LogP contribution in [0, 0.1) is 22.0 Å². The number of nitrogens with one attached hydrogen (secondary N) is 3. The van der Waals surface area contributed by atoms with Crippen molar-refractivity contribution in [3.8, 4) is 5.75 Å². The molecule has 0 bridgehead atoms. The van der Waals surface area contributed by atoms with Crippen LogP contribution in [0.15, 0.2) is 72.9 Å². The van der Waals surface area contributed by atoms with E-state index >= 15 is 0 Å². The minimum Gasteiger partial charge on any atom is -0.495 e. The molecule has 40 heavy (non-hydrogen) atoms. The second-order valence-electron chi connectivity index (χ2n) is 10.3. The number of aromatic nitrogens is 1. The van der Waals surface area contributed by atoms with Gasteiger partial charge >= 0.3 is 0 Å². The molecule has 2 fully saturated rings. The van der Waals surface area contributed by atoms with E-state index in [0.29, 0.717) is 17.7 Å². The first-order chi connectivity index (χ1) is 19.3. The summed E-state index contributed by atoms with van der Waals surface area (Å²) in [6.07, 6.45) is 2.24. The summed E-state index contributed by atoms with van der Waals surface area (Å²) in [5.74, 6) is -3.43. The van der Waals surface area contributed by atoms with Crippen LogP contribution in [0.2, 0.25) is 0 Å². The monoisotopic (exact) mass is 537 g/mol. The predicted molar refractivity (Wildman–Crippen MR) is 145 cm³/mol. The summed E-state index contributed by atoms with van der Waals surface area (Å²) in [5, 5.41) is 18.9. The number of hydrogen-bond donors (Lipinski definition) is 3. The lowest BCUT2D eigenvalue weighted by atomic mass is 9.76. The van der Waals surface area contributed by atoms with Crippen LogP contribution < -0.4 is 20.3 Å². The zero-order chi connectivity index (χ0) is 27.8. The summed E-state index contributed by atoms with van der Waals surface area (Å²) >= 11 is 0. The number of nitrogens with zero attached hydrogens (tertiary/aromatic N) is 2. The zero-order valence-electron chi connectivity index (χ0n) is 21.2. The molecule has 200 valence electrons. The van der Waals surface area contributed by atoms with Crippen molar-refractivity contribution in [2.75, 3.05) is 17.3 Å². The van der Waals surface area contributed by atoms with Crippen LogP contribution >= 0.6 is 0 Å². The summed E-state index contributed by atoms with van der Waals surface area (Å²) < 4.78 is 5.40. The van der Waals surface area contributed by atoms with Crippen LogP contribution in [0.1, 0.15) is 11.1 Å². The van der Waals surface area contributed by atoms with Gasteiger partial charge in [-0.3, -0.25) is 29.8 Å². The number of carbonyl (C=O) groups excluding carboxylic acids is 3. The number of methoxy groups -OCH3 is 1. The maximum Gasteiger partial charge on any atom is 0.271 e. The highest BCUT2D eigenvalue weighted by Crippen LogP contribution is 2.54. The number of amides is 3. The molecule has 3 N–H and O–H groups in total. The number of H-pyrrole nitrogens is 1. The molecule has 1 spiro atoms. The maximum atomic E-state index is 14.3. The highest BCUT2D eigenvalue weighted by molar-refractivity contribution is 6.26. The number of imide groups is 1. The third kappa shape index (κ3) is 3.12. The van der Waals surface area contributed by atoms with Crippen LogP contribution in [0.5, 0.6) is 5.75 Å². The topological polar surface area (TPSA) is 147 Å². The molecule has 4 aromatic rings. The molecule has 0 aliphatic carbocycles. The van der Waals surface area contributed by atoms with E-state index in [1.54, 1.807) is 24.3 Å². The normalized spacial score (nSPS) is 25.0. The van der Waals surface area contributed by atoms with Crippen molar-refractivity contribution in [2.45, 2.75) is 18.0 Å². The Bertz CT molecular complexity index is 1760. The Balaban J connectivity index is 1.39.